The average molecular weight is 402 g/mol. The fourth-order valence-electron chi connectivity index (χ4n) is 2.79. The van der Waals surface area contributed by atoms with Gasteiger partial charge in [0.2, 0.25) is 0 Å². The van der Waals surface area contributed by atoms with Crippen LogP contribution in [0, 0.1) is 0 Å². The first kappa shape index (κ1) is 20.3. The lowest BCUT2D eigenvalue weighted by molar-refractivity contribution is 1.28. The Kier molecular flexibility index (Phi) is 7.83. The minimum Gasteiger partial charge on any atom is -0.0901 e. The van der Waals surface area contributed by atoms with E-state index in [4.69, 9.17) is 0 Å². The summed E-state index contributed by atoms with van der Waals surface area (Å²) in [6.45, 7) is 4.00. The molecule has 0 aliphatic carbocycles. The van der Waals surface area contributed by atoms with E-state index in [2.05, 4.69) is 115 Å². The van der Waals surface area contributed by atoms with Crippen LogP contribution in [-0.2, 0) is 10.9 Å². The van der Waals surface area contributed by atoms with Gasteiger partial charge in [-0.2, -0.15) is 0 Å². The summed E-state index contributed by atoms with van der Waals surface area (Å²) in [5.41, 5.74) is 0. The van der Waals surface area contributed by atoms with E-state index in [9.17, 15) is 0 Å². The van der Waals surface area contributed by atoms with Crippen molar-refractivity contribution in [2.75, 3.05) is 0 Å². The summed E-state index contributed by atoms with van der Waals surface area (Å²) in [6.07, 6.45) is 0. The first-order valence-electron chi connectivity index (χ1n) is 9.57. The van der Waals surface area contributed by atoms with E-state index in [1.54, 1.807) is 11.8 Å². The summed E-state index contributed by atoms with van der Waals surface area (Å²) in [4.78, 5) is 6.58. The molecule has 0 heterocycles. The molecule has 0 bridgehead atoms. The van der Waals surface area contributed by atoms with Crippen LogP contribution in [0.2, 0.25) is 0 Å². The molecule has 0 saturated carbocycles. The molecule has 0 fully saturated rings. The van der Waals surface area contributed by atoms with E-state index in [1.807, 2.05) is 13.8 Å². The van der Waals surface area contributed by atoms with Crippen LogP contribution in [0.1, 0.15) is 13.8 Å². The van der Waals surface area contributed by atoms with Crippen molar-refractivity contribution in [2.24, 2.45) is 0 Å². The molecular weight excluding hydrogens is 376 g/mol. The molecule has 0 unspecified atom stereocenters. The summed E-state index contributed by atoms with van der Waals surface area (Å²) in [5.74, 6) is 0. The van der Waals surface area contributed by atoms with Gasteiger partial charge in [-0.15, -0.1) is 0 Å². The van der Waals surface area contributed by atoms with Gasteiger partial charge in [-0.3, -0.25) is 0 Å². The maximum atomic E-state index is 2.27. The molecule has 0 spiro atoms. The van der Waals surface area contributed by atoms with Gasteiger partial charge in [0.05, 0.1) is 10.9 Å². The first-order valence-corrected chi connectivity index (χ1v) is 11.6. The van der Waals surface area contributed by atoms with Crippen LogP contribution in [0.5, 0.6) is 0 Å². The maximum Gasteiger partial charge on any atom is 0.166 e. The Labute approximate surface area is 176 Å². The maximum absolute atomic E-state index is 2.27. The number of benzene rings is 4. The Bertz CT molecular complexity index is 894. The molecule has 0 aliphatic heterocycles. The van der Waals surface area contributed by atoms with Gasteiger partial charge >= 0.3 is 0 Å². The Hall–Kier alpha value is -2.42. The summed E-state index contributed by atoms with van der Waals surface area (Å²) < 4.78 is 0. The van der Waals surface area contributed by atoms with Crippen molar-refractivity contribution in [3.63, 3.8) is 0 Å². The topological polar surface area (TPSA) is 0 Å². The highest BCUT2D eigenvalue weighted by molar-refractivity contribution is 7.99. The van der Waals surface area contributed by atoms with Crippen LogP contribution in [0.25, 0.3) is 0 Å². The highest BCUT2D eigenvalue weighted by Crippen LogP contribution is 2.33. The van der Waals surface area contributed by atoms with Crippen LogP contribution in [0.15, 0.2) is 140 Å². The number of hydrogen-bond donors (Lipinski definition) is 0. The van der Waals surface area contributed by atoms with Crippen molar-refractivity contribution < 1.29 is 0 Å². The van der Waals surface area contributed by atoms with Gasteiger partial charge in [-0.1, -0.05) is 80.2 Å². The lowest BCUT2D eigenvalue weighted by atomic mass is 10.3. The van der Waals surface area contributed by atoms with Gasteiger partial charge in [0.25, 0.3) is 0 Å². The second-order valence-electron chi connectivity index (χ2n) is 5.82. The summed E-state index contributed by atoms with van der Waals surface area (Å²) in [6, 6.07) is 41.1. The Morgan fingerprint density at radius 1 is 0.429 bits per heavy atom. The van der Waals surface area contributed by atoms with Crippen molar-refractivity contribution in [1.29, 1.82) is 0 Å². The van der Waals surface area contributed by atoms with Crippen molar-refractivity contribution in [2.45, 2.75) is 38.3 Å². The predicted octanol–water partition coefficient (Wildman–Crippen LogP) is 7.96. The zero-order chi connectivity index (χ0) is 19.6. The van der Waals surface area contributed by atoms with Crippen LogP contribution in [-0.4, -0.2) is 0 Å². The molecule has 0 atom stereocenters. The molecule has 0 nitrogen and oxygen atoms in total. The molecule has 2 heteroatoms. The van der Waals surface area contributed by atoms with Gasteiger partial charge in [0, 0.05) is 9.79 Å². The molecule has 4 aromatic carbocycles. The predicted molar refractivity (Wildman–Crippen MR) is 123 cm³/mol. The minimum atomic E-state index is -0.0786. The lowest BCUT2D eigenvalue weighted by Crippen LogP contribution is -2.04. The molecule has 0 aromatic heterocycles. The Morgan fingerprint density at radius 2 is 0.786 bits per heavy atom. The highest BCUT2D eigenvalue weighted by atomic mass is 32.2. The molecule has 4 rings (SSSR count). The number of hydrogen-bond acceptors (Lipinski definition) is 1. The quantitative estimate of drug-likeness (QED) is 0.306. The fourth-order valence-corrected chi connectivity index (χ4v) is 5.71. The Morgan fingerprint density at radius 3 is 1.25 bits per heavy atom. The van der Waals surface area contributed by atoms with Crippen LogP contribution in [0.4, 0.5) is 0 Å². The monoisotopic (exact) mass is 401 g/mol. The van der Waals surface area contributed by atoms with Gasteiger partial charge < -0.3 is 0 Å². The molecule has 0 aliphatic rings. The van der Waals surface area contributed by atoms with E-state index in [-0.39, 0.29) is 10.9 Å². The van der Waals surface area contributed by atoms with E-state index in [0.717, 1.165) is 0 Å². The van der Waals surface area contributed by atoms with E-state index < -0.39 is 0 Å². The second kappa shape index (κ2) is 10.8. The standard InChI is InChI=1S/C24H19S2.C2H6/c1-4-10-20(11-5-1)25-21-16-18-24(19-17-21)26(22-12-6-2-7-13-22)23-14-8-3-9-15-23;1-2/h1-19H;1-2H3/q+1;. The fraction of sp³-hybridized carbons (Fsp3) is 0.0769. The third kappa shape index (κ3) is 5.31. The van der Waals surface area contributed by atoms with E-state index in [1.165, 1.54) is 24.5 Å². The van der Waals surface area contributed by atoms with Crippen molar-refractivity contribution in [3.8, 4) is 0 Å². The molecule has 28 heavy (non-hydrogen) atoms. The molecule has 0 radical (unpaired) electrons. The SMILES string of the molecule is CC.c1ccc(Sc2ccc([S+](c3ccccc3)c3ccccc3)cc2)cc1. The smallest absolute Gasteiger partial charge is 0.0901 e. The molecule has 4 aromatic rings. The van der Waals surface area contributed by atoms with Crippen LogP contribution < -0.4 is 0 Å². The molecule has 0 N–H and O–H groups in total. The molecule has 140 valence electrons. The summed E-state index contributed by atoms with van der Waals surface area (Å²) >= 11 is 1.80. The Balaban J connectivity index is 0.00000109. The van der Waals surface area contributed by atoms with Crippen LogP contribution >= 0.6 is 11.8 Å². The van der Waals surface area contributed by atoms with Gasteiger partial charge in [0.15, 0.2) is 14.7 Å². The third-order valence-corrected chi connectivity index (χ3v) is 7.24. The second-order valence-corrected chi connectivity index (χ2v) is 8.99. The van der Waals surface area contributed by atoms with Crippen molar-refractivity contribution in [1.82, 2.24) is 0 Å². The highest BCUT2D eigenvalue weighted by Gasteiger charge is 2.27. The third-order valence-electron chi connectivity index (χ3n) is 4.00. The largest absolute Gasteiger partial charge is 0.166 e. The molecular formula is C26H25S2+. The average Bonchev–Trinajstić information content (AvgIpc) is 2.79. The summed E-state index contributed by atoms with van der Waals surface area (Å²) in [5, 5.41) is 0. The van der Waals surface area contributed by atoms with Gasteiger partial charge in [0.1, 0.15) is 0 Å². The van der Waals surface area contributed by atoms with Gasteiger partial charge in [-0.05, 0) is 60.7 Å². The lowest BCUT2D eigenvalue weighted by Gasteiger charge is -2.08. The van der Waals surface area contributed by atoms with Crippen molar-refractivity contribution in [3.05, 3.63) is 115 Å². The molecule has 0 saturated heterocycles. The zero-order valence-corrected chi connectivity index (χ0v) is 17.9. The first-order chi connectivity index (χ1) is 13.9. The molecule has 0 amide bonds. The normalized spacial score (nSPS) is 10.2. The summed E-state index contributed by atoms with van der Waals surface area (Å²) in [7, 11) is -0.0786. The van der Waals surface area contributed by atoms with E-state index in [0.29, 0.717) is 0 Å². The minimum absolute atomic E-state index is 0.0786. The van der Waals surface area contributed by atoms with Crippen LogP contribution in [0.3, 0.4) is 0 Å². The van der Waals surface area contributed by atoms with E-state index >= 15 is 0 Å². The van der Waals surface area contributed by atoms with Gasteiger partial charge in [-0.25, -0.2) is 0 Å². The number of rotatable bonds is 5. The van der Waals surface area contributed by atoms with Crippen molar-refractivity contribution >= 4 is 22.7 Å². The zero-order valence-electron chi connectivity index (χ0n) is 16.3.